The fraction of sp³-hybridized carbons (Fsp3) is 0.478. The van der Waals surface area contributed by atoms with Crippen LogP contribution >= 0.6 is 22.6 Å². The van der Waals surface area contributed by atoms with E-state index in [-0.39, 0.29) is 0 Å². The molecule has 0 spiro atoms. The number of likely N-dealkylation sites (N-methyl/N-ethyl adjacent to an activating group) is 1. The van der Waals surface area contributed by atoms with E-state index in [1.165, 1.54) is 17.5 Å². The van der Waals surface area contributed by atoms with E-state index in [1.807, 2.05) is 4.93 Å². The molecule has 3 heteroatoms. The lowest BCUT2D eigenvalue weighted by molar-refractivity contribution is 0.0505. The third-order valence-electron chi connectivity index (χ3n) is 6.00. The molecule has 0 fully saturated rings. The third-order valence-corrected chi connectivity index (χ3v) is 6.00. The molecule has 0 N–H and O–H groups in total. The van der Waals surface area contributed by atoms with Gasteiger partial charge in [0.05, 0.1) is 13.2 Å². The Kier molecular flexibility index (Phi) is 6.76. The number of hydrogen-bond donors (Lipinski definition) is 0. The number of benzene rings is 2. The van der Waals surface area contributed by atoms with Gasteiger partial charge in [0.1, 0.15) is 0 Å². The van der Waals surface area contributed by atoms with Gasteiger partial charge in [0.25, 0.3) is 0 Å². The average Bonchev–Trinajstić information content (AvgIpc) is 2.69. The minimum absolute atomic E-state index is 0.463. The number of halogens is 1. The van der Waals surface area contributed by atoms with Crippen molar-refractivity contribution in [2.75, 3.05) is 32.2 Å². The van der Waals surface area contributed by atoms with Gasteiger partial charge in [0.15, 0.2) is 0 Å². The molecule has 0 amide bonds. The van der Waals surface area contributed by atoms with Crippen LogP contribution < -0.4 is 0 Å². The van der Waals surface area contributed by atoms with Crippen LogP contribution in [0.15, 0.2) is 48.5 Å². The highest BCUT2D eigenvalue weighted by atomic mass is 127. The molecule has 0 aliphatic heterocycles. The topological polar surface area (TPSA) is 12.5 Å². The molecule has 5 rings (SSSR count). The number of fused-ring (bicyclic) bond motifs is 1. The van der Waals surface area contributed by atoms with Crippen LogP contribution in [0, 0.1) is 5.92 Å². The normalized spacial score (nSPS) is 23.7. The van der Waals surface area contributed by atoms with Crippen LogP contribution in [0.4, 0.5) is 0 Å². The maximum absolute atomic E-state index is 6.14. The van der Waals surface area contributed by atoms with Crippen LogP contribution in [0.25, 0.3) is 0 Å². The Morgan fingerprint density at radius 3 is 1.96 bits per heavy atom. The average molecular weight is 463 g/mol. The molecule has 2 atom stereocenters. The van der Waals surface area contributed by atoms with Crippen LogP contribution in [0.5, 0.6) is 0 Å². The highest BCUT2D eigenvalue weighted by Crippen LogP contribution is 2.55. The van der Waals surface area contributed by atoms with Gasteiger partial charge in [-0.3, -0.25) is 0 Å². The fourth-order valence-corrected chi connectivity index (χ4v) is 4.46. The van der Waals surface area contributed by atoms with Crippen molar-refractivity contribution in [3.05, 3.63) is 70.8 Å². The first kappa shape index (κ1) is 19.8. The molecular weight excluding hydrogens is 433 g/mol. The zero-order chi connectivity index (χ0) is 18.7. The van der Waals surface area contributed by atoms with E-state index >= 15 is 0 Å². The second-order valence-electron chi connectivity index (χ2n) is 7.63. The summed E-state index contributed by atoms with van der Waals surface area (Å²) >= 11 is 2.15. The van der Waals surface area contributed by atoms with E-state index in [9.17, 15) is 0 Å². The number of nitrogens with zero attached hydrogens (tertiary/aromatic N) is 1. The van der Waals surface area contributed by atoms with Gasteiger partial charge < -0.3 is 9.64 Å². The molecular formula is C23H30INO. The summed E-state index contributed by atoms with van der Waals surface area (Å²) in [6.45, 7) is 3.89. The quantitative estimate of drug-likeness (QED) is 0.441. The van der Waals surface area contributed by atoms with E-state index < -0.39 is 0 Å². The molecule has 0 heterocycles. The van der Waals surface area contributed by atoms with Crippen LogP contribution in [0.2, 0.25) is 0 Å². The molecule has 26 heavy (non-hydrogen) atoms. The lowest BCUT2D eigenvalue weighted by Crippen LogP contribution is -2.36. The minimum atomic E-state index is 0.463. The van der Waals surface area contributed by atoms with Gasteiger partial charge in [-0.2, -0.15) is 0 Å². The lowest BCUT2D eigenvalue weighted by Gasteiger charge is -2.45. The first-order valence-electron chi connectivity index (χ1n) is 9.46. The molecule has 2 nitrogen and oxygen atoms in total. The molecule has 0 saturated carbocycles. The monoisotopic (exact) mass is 463 g/mol. The maximum atomic E-state index is 6.14. The van der Waals surface area contributed by atoms with E-state index in [2.05, 4.69) is 97.0 Å². The van der Waals surface area contributed by atoms with E-state index in [4.69, 9.17) is 4.74 Å². The van der Waals surface area contributed by atoms with Gasteiger partial charge in [0.2, 0.25) is 0 Å². The predicted octanol–water partition coefficient (Wildman–Crippen LogP) is 5.30. The van der Waals surface area contributed by atoms with Gasteiger partial charge in [0, 0.05) is 17.9 Å². The van der Waals surface area contributed by atoms with Gasteiger partial charge in [-0.1, -0.05) is 71.1 Å². The standard InChI is InChI=1S/C22H27NO.CH3I/c1-15(23(2)3)13-24-14-16-12-21-17-8-4-6-10-19(17)22(16)20-11-7-5-9-18(20)21;1-2/h4-11,15-16,21-22H,12-14H2,1-3H3;1H3. The number of hydrogen-bond acceptors (Lipinski definition) is 2. The molecule has 140 valence electrons. The summed E-state index contributed by atoms with van der Waals surface area (Å²) in [5, 5.41) is 0. The van der Waals surface area contributed by atoms with Gasteiger partial charge in [-0.25, -0.2) is 0 Å². The lowest BCUT2D eigenvalue weighted by atomic mass is 9.59. The highest BCUT2D eigenvalue weighted by molar-refractivity contribution is 14.1. The van der Waals surface area contributed by atoms with Crippen molar-refractivity contribution in [1.82, 2.24) is 4.90 Å². The van der Waals surface area contributed by atoms with Gasteiger partial charge >= 0.3 is 0 Å². The van der Waals surface area contributed by atoms with Gasteiger partial charge in [-0.05, 0) is 60.5 Å². The van der Waals surface area contributed by atoms with Crippen molar-refractivity contribution >= 4 is 22.6 Å². The molecule has 2 aromatic rings. The molecule has 2 unspecified atom stereocenters. The van der Waals surface area contributed by atoms with E-state index in [0.29, 0.717) is 23.8 Å². The summed E-state index contributed by atoms with van der Waals surface area (Å²) in [6.07, 6.45) is 1.22. The first-order valence-corrected chi connectivity index (χ1v) is 11.6. The second-order valence-corrected chi connectivity index (χ2v) is 7.63. The Bertz CT molecular complexity index is 682. The summed E-state index contributed by atoms with van der Waals surface area (Å²) in [6, 6.07) is 18.5. The summed E-state index contributed by atoms with van der Waals surface area (Å²) in [7, 11) is 4.23. The van der Waals surface area contributed by atoms with E-state index in [0.717, 1.165) is 13.2 Å². The maximum Gasteiger partial charge on any atom is 0.0619 e. The second kappa shape index (κ2) is 8.85. The molecule has 0 radical (unpaired) electrons. The molecule has 3 aliphatic carbocycles. The molecule has 0 aromatic heterocycles. The zero-order valence-electron chi connectivity index (χ0n) is 16.3. The Labute approximate surface area is 172 Å². The third kappa shape index (κ3) is 3.71. The Balaban J connectivity index is 0.000000948. The van der Waals surface area contributed by atoms with Crippen molar-refractivity contribution in [1.29, 1.82) is 0 Å². The number of rotatable bonds is 5. The SMILES string of the molecule is CC(COCC1CC2c3ccccc3C1c1ccccc12)N(C)C.CI. The van der Waals surface area contributed by atoms with Crippen LogP contribution in [-0.4, -0.2) is 43.2 Å². The minimum Gasteiger partial charge on any atom is -0.380 e. The highest BCUT2D eigenvalue weighted by Gasteiger charge is 2.42. The van der Waals surface area contributed by atoms with Crippen molar-refractivity contribution < 1.29 is 4.74 Å². The largest absolute Gasteiger partial charge is 0.380 e. The van der Waals surface area contributed by atoms with Crippen LogP contribution in [0.1, 0.15) is 47.4 Å². The predicted molar refractivity (Wildman–Crippen MR) is 119 cm³/mol. The van der Waals surface area contributed by atoms with Crippen LogP contribution in [0.3, 0.4) is 0 Å². The molecule has 2 aromatic carbocycles. The Morgan fingerprint density at radius 1 is 0.962 bits per heavy atom. The van der Waals surface area contributed by atoms with Crippen molar-refractivity contribution in [2.24, 2.45) is 5.92 Å². The van der Waals surface area contributed by atoms with Gasteiger partial charge in [-0.15, -0.1) is 0 Å². The van der Waals surface area contributed by atoms with Crippen LogP contribution in [-0.2, 0) is 4.74 Å². The summed E-state index contributed by atoms with van der Waals surface area (Å²) < 4.78 is 6.14. The first-order chi connectivity index (χ1) is 12.7. The number of ether oxygens (including phenoxy) is 1. The number of alkyl halides is 1. The Morgan fingerprint density at radius 2 is 1.46 bits per heavy atom. The Hall–Kier alpha value is -0.910. The van der Waals surface area contributed by atoms with Crippen molar-refractivity contribution in [2.45, 2.75) is 31.2 Å². The summed E-state index contributed by atoms with van der Waals surface area (Å²) in [4.78, 5) is 4.19. The van der Waals surface area contributed by atoms with Crippen molar-refractivity contribution in [3.63, 3.8) is 0 Å². The molecule has 0 saturated heterocycles. The summed E-state index contributed by atoms with van der Waals surface area (Å²) in [5.74, 6) is 1.63. The van der Waals surface area contributed by atoms with E-state index in [1.54, 1.807) is 11.1 Å². The van der Waals surface area contributed by atoms with Crippen molar-refractivity contribution in [3.8, 4) is 0 Å². The molecule has 2 bridgehead atoms. The zero-order valence-corrected chi connectivity index (χ0v) is 18.4. The molecule has 3 aliphatic rings. The fourth-order valence-electron chi connectivity index (χ4n) is 4.46. The smallest absolute Gasteiger partial charge is 0.0619 e. The summed E-state index contributed by atoms with van der Waals surface area (Å²) in [5.41, 5.74) is 6.14.